The van der Waals surface area contributed by atoms with E-state index in [0.29, 0.717) is 28.0 Å². The lowest BCUT2D eigenvalue weighted by Crippen LogP contribution is -2.36. The highest BCUT2D eigenvalue weighted by atomic mass is 35.5. The Kier molecular flexibility index (Phi) is 6.21. The summed E-state index contributed by atoms with van der Waals surface area (Å²) >= 11 is 12.7. The number of nitro groups is 1. The summed E-state index contributed by atoms with van der Waals surface area (Å²) in [5.41, 5.74) is 0.646. The zero-order valence-corrected chi connectivity index (χ0v) is 16.8. The van der Waals surface area contributed by atoms with Gasteiger partial charge in [0.05, 0.1) is 19.9 Å². The Labute approximate surface area is 178 Å². The SMILES string of the molecule is O=C(CN1C(=O)S/C(=C\c2cccc(Cl)c2Cl)C1=O)Nc1ccc([N+](=O)[O-])cc1. The third-order valence-electron chi connectivity index (χ3n) is 3.81. The maximum absolute atomic E-state index is 12.5. The van der Waals surface area contributed by atoms with Gasteiger partial charge in [0.1, 0.15) is 6.54 Å². The van der Waals surface area contributed by atoms with Gasteiger partial charge in [-0.25, -0.2) is 0 Å². The molecular weight excluding hydrogens is 441 g/mol. The first kappa shape index (κ1) is 20.8. The maximum atomic E-state index is 12.5. The molecule has 0 aliphatic carbocycles. The molecule has 3 rings (SSSR count). The highest BCUT2D eigenvalue weighted by Gasteiger charge is 2.36. The Hall–Kier alpha value is -2.88. The van der Waals surface area contributed by atoms with Gasteiger partial charge in [0.2, 0.25) is 5.91 Å². The summed E-state index contributed by atoms with van der Waals surface area (Å²) in [5, 5.41) is 13.1. The molecule has 1 saturated heterocycles. The van der Waals surface area contributed by atoms with Crippen LogP contribution >= 0.6 is 35.0 Å². The molecule has 1 N–H and O–H groups in total. The van der Waals surface area contributed by atoms with E-state index in [0.717, 1.165) is 4.90 Å². The van der Waals surface area contributed by atoms with Crippen molar-refractivity contribution < 1.29 is 19.3 Å². The fourth-order valence-electron chi connectivity index (χ4n) is 2.42. The molecule has 0 saturated carbocycles. The van der Waals surface area contributed by atoms with Gasteiger partial charge in [-0.1, -0.05) is 35.3 Å². The molecule has 1 fully saturated rings. The summed E-state index contributed by atoms with van der Waals surface area (Å²) < 4.78 is 0. The molecule has 0 bridgehead atoms. The lowest BCUT2D eigenvalue weighted by Gasteiger charge is -2.12. The number of hydrogen-bond donors (Lipinski definition) is 1. The number of anilines is 1. The number of nitrogens with zero attached hydrogens (tertiary/aromatic N) is 2. The molecule has 1 heterocycles. The van der Waals surface area contributed by atoms with Crippen LogP contribution in [0.2, 0.25) is 10.0 Å². The smallest absolute Gasteiger partial charge is 0.294 e. The molecule has 0 unspecified atom stereocenters. The summed E-state index contributed by atoms with van der Waals surface area (Å²) in [7, 11) is 0. The predicted molar refractivity (Wildman–Crippen MR) is 111 cm³/mol. The Morgan fingerprint density at radius 3 is 2.52 bits per heavy atom. The van der Waals surface area contributed by atoms with Crippen LogP contribution < -0.4 is 5.32 Å². The molecule has 1 aliphatic rings. The van der Waals surface area contributed by atoms with E-state index in [1.165, 1.54) is 30.3 Å². The highest BCUT2D eigenvalue weighted by molar-refractivity contribution is 8.18. The van der Waals surface area contributed by atoms with Crippen LogP contribution in [0.4, 0.5) is 16.2 Å². The first-order valence-corrected chi connectivity index (χ1v) is 9.57. The predicted octanol–water partition coefficient (Wildman–Crippen LogP) is 4.58. The van der Waals surface area contributed by atoms with E-state index < -0.39 is 28.5 Å². The van der Waals surface area contributed by atoms with E-state index in [9.17, 15) is 24.5 Å². The van der Waals surface area contributed by atoms with Crippen molar-refractivity contribution in [1.29, 1.82) is 0 Å². The number of thioether (sulfide) groups is 1. The topological polar surface area (TPSA) is 110 Å². The van der Waals surface area contributed by atoms with E-state index in [4.69, 9.17) is 23.2 Å². The standard InChI is InChI=1S/C18H11Cl2N3O5S/c19-13-3-1-2-10(16(13)20)8-14-17(25)22(18(26)29-14)9-15(24)21-11-4-6-12(7-5-11)23(27)28/h1-8H,9H2,(H,21,24)/b14-8-. The second kappa shape index (κ2) is 8.64. The van der Waals surface area contributed by atoms with Gasteiger partial charge in [-0.05, 0) is 41.6 Å². The van der Waals surface area contributed by atoms with Crippen LogP contribution in [0.25, 0.3) is 6.08 Å². The average Bonchev–Trinajstić information content (AvgIpc) is 2.93. The summed E-state index contributed by atoms with van der Waals surface area (Å²) in [6.07, 6.45) is 1.44. The van der Waals surface area contributed by atoms with Crippen molar-refractivity contribution in [2.45, 2.75) is 0 Å². The lowest BCUT2D eigenvalue weighted by molar-refractivity contribution is -0.384. The number of imide groups is 1. The van der Waals surface area contributed by atoms with Crippen LogP contribution in [0.5, 0.6) is 0 Å². The molecule has 2 aromatic carbocycles. The third kappa shape index (κ3) is 4.76. The van der Waals surface area contributed by atoms with Gasteiger partial charge in [0.25, 0.3) is 16.8 Å². The van der Waals surface area contributed by atoms with Crippen molar-refractivity contribution in [3.63, 3.8) is 0 Å². The fourth-order valence-corrected chi connectivity index (χ4v) is 3.61. The number of rotatable bonds is 5. The Morgan fingerprint density at radius 1 is 1.17 bits per heavy atom. The van der Waals surface area contributed by atoms with Crippen molar-refractivity contribution in [3.05, 3.63) is 73.1 Å². The van der Waals surface area contributed by atoms with Crippen molar-refractivity contribution >= 4 is 69.5 Å². The van der Waals surface area contributed by atoms with E-state index >= 15 is 0 Å². The average molecular weight is 452 g/mol. The van der Waals surface area contributed by atoms with Crippen LogP contribution in [0, 0.1) is 10.1 Å². The van der Waals surface area contributed by atoms with E-state index in [-0.39, 0.29) is 15.6 Å². The Bertz CT molecular complexity index is 1060. The zero-order valence-electron chi connectivity index (χ0n) is 14.4. The minimum atomic E-state index is -0.630. The molecule has 0 aromatic heterocycles. The van der Waals surface area contributed by atoms with Crippen LogP contribution in [-0.4, -0.2) is 33.4 Å². The first-order chi connectivity index (χ1) is 13.8. The molecule has 148 valence electrons. The molecule has 2 aromatic rings. The minimum absolute atomic E-state index is 0.113. The van der Waals surface area contributed by atoms with Crippen molar-refractivity contribution in [3.8, 4) is 0 Å². The number of nitrogens with one attached hydrogen (secondary N) is 1. The molecule has 0 atom stereocenters. The second-order valence-corrected chi connectivity index (χ2v) is 7.54. The number of nitro benzene ring substituents is 1. The lowest BCUT2D eigenvalue weighted by atomic mass is 10.2. The number of amides is 3. The quantitative estimate of drug-likeness (QED) is 0.404. The molecule has 0 spiro atoms. The molecule has 3 amide bonds. The third-order valence-corrected chi connectivity index (χ3v) is 5.55. The van der Waals surface area contributed by atoms with Gasteiger partial charge in [-0.3, -0.25) is 29.4 Å². The van der Waals surface area contributed by atoms with Crippen LogP contribution in [0.3, 0.4) is 0 Å². The van der Waals surface area contributed by atoms with Crippen molar-refractivity contribution in [2.75, 3.05) is 11.9 Å². The summed E-state index contributed by atoms with van der Waals surface area (Å²) in [4.78, 5) is 47.9. The highest BCUT2D eigenvalue weighted by Crippen LogP contribution is 2.35. The Balaban J connectivity index is 1.69. The first-order valence-electron chi connectivity index (χ1n) is 8.00. The summed E-state index contributed by atoms with van der Waals surface area (Å²) in [6.45, 7) is -0.498. The van der Waals surface area contributed by atoms with Gasteiger partial charge in [0.15, 0.2) is 0 Å². The van der Waals surface area contributed by atoms with E-state index in [1.807, 2.05) is 0 Å². The summed E-state index contributed by atoms with van der Waals surface area (Å²) in [5.74, 6) is -1.25. The van der Waals surface area contributed by atoms with Gasteiger partial charge in [0, 0.05) is 17.8 Å². The van der Waals surface area contributed by atoms with Gasteiger partial charge in [-0.2, -0.15) is 0 Å². The van der Waals surface area contributed by atoms with Gasteiger partial charge < -0.3 is 5.32 Å². The fraction of sp³-hybridized carbons (Fsp3) is 0.0556. The van der Waals surface area contributed by atoms with Crippen LogP contribution in [0.15, 0.2) is 47.4 Å². The van der Waals surface area contributed by atoms with Gasteiger partial charge >= 0.3 is 0 Å². The molecular formula is C18H11Cl2N3O5S. The Morgan fingerprint density at radius 2 is 1.86 bits per heavy atom. The normalized spacial score (nSPS) is 15.1. The molecule has 8 nitrogen and oxygen atoms in total. The maximum Gasteiger partial charge on any atom is 0.294 e. The molecule has 0 radical (unpaired) electrons. The summed E-state index contributed by atoms with van der Waals surface area (Å²) in [6, 6.07) is 10.1. The monoisotopic (exact) mass is 451 g/mol. The zero-order chi connectivity index (χ0) is 21.1. The van der Waals surface area contributed by atoms with E-state index in [2.05, 4.69) is 5.32 Å². The second-order valence-electron chi connectivity index (χ2n) is 5.76. The number of hydrogen-bond acceptors (Lipinski definition) is 6. The van der Waals surface area contributed by atoms with Gasteiger partial charge in [-0.15, -0.1) is 0 Å². The number of carbonyl (C=O) groups is 3. The van der Waals surface area contributed by atoms with E-state index in [1.54, 1.807) is 18.2 Å². The molecule has 1 aliphatic heterocycles. The minimum Gasteiger partial charge on any atom is -0.325 e. The number of halogens is 2. The molecule has 11 heteroatoms. The number of benzene rings is 2. The largest absolute Gasteiger partial charge is 0.325 e. The number of carbonyl (C=O) groups excluding carboxylic acids is 3. The van der Waals surface area contributed by atoms with Crippen LogP contribution in [-0.2, 0) is 9.59 Å². The van der Waals surface area contributed by atoms with Crippen molar-refractivity contribution in [1.82, 2.24) is 4.90 Å². The molecule has 29 heavy (non-hydrogen) atoms. The number of non-ortho nitro benzene ring substituents is 1. The van der Waals surface area contributed by atoms with Crippen LogP contribution in [0.1, 0.15) is 5.56 Å². The van der Waals surface area contributed by atoms with Crippen molar-refractivity contribution in [2.24, 2.45) is 0 Å².